The molecule has 17 heavy (non-hydrogen) atoms. The van der Waals surface area contributed by atoms with E-state index >= 15 is 0 Å². The van der Waals surface area contributed by atoms with Crippen LogP contribution in [0.1, 0.15) is 27.7 Å². The molecule has 0 spiro atoms. The molecule has 0 aromatic carbocycles. The number of ether oxygens (including phenoxy) is 2. The van der Waals surface area contributed by atoms with Gasteiger partial charge in [0.25, 0.3) is 0 Å². The molecule has 0 saturated heterocycles. The van der Waals surface area contributed by atoms with E-state index in [1.165, 1.54) is 0 Å². The minimum Gasteiger partial charge on any atom is -0.379 e. The molecule has 0 amide bonds. The van der Waals surface area contributed by atoms with Crippen molar-refractivity contribution in [3.05, 3.63) is 0 Å². The standard InChI is InChI=1S/C10H23O6P/c1-5-13-7-9(3)15-17(11,12)16-10(4)8-14-6-2/h9-10H,5-8H2,1-4H3,(H,11,12). The third kappa shape index (κ3) is 9.71. The van der Waals surface area contributed by atoms with Crippen LogP contribution in [-0.2, 0) is 23.1 Å². The molecule has 0 aromatic heterocycles. The average molecular weight is 270 g/mol. The fourth-order valence-corrected chi connectivity index (χ4v) is 2.19. The largest absolute Gasteiger partial charge is 0.472 e. The van der Waals surface area contributed by atoms with Crippen LogP contribution in [0.3, 0.4) is 0 Å². The van der Waals surface area contributed by atoms with Crippen molar-refractivity contribution in [2.75, 3.05) is 26.4 Å². The minimum absolute atomic E-state index is 0.254. The SMILES string of the molecule is CCOCC(C)OP(=O)(O)OC(C)COCC. The van der Waals surface area contributed by atoms with Crippen LogP contribution in [0.25, 0.3) is 0 Å². The zero-order valence-corrected chi connectivity index (χ0v) is 11.8. The van der Waals surface area contributed by atoms with Gasteiger partial charge in [-0.3, -0.25) is 9.05 Å². The quantitative estimate of drug-likeness (QED) is 0.612. The third-order valence-electron chi connectivity index (χ3n) is 1.74. The summed E-state index contributed by atoms with van der Waals surface area (Å²) in [5.74, 6) is 0. The van der Waals surface area contributed by atoms with E-state index < -0.39 is 20.0 Å². The van der Waals surface area contributed by atoms with Crippen LogP contribution < -0.4 is 0 Å². The Morgan fingerprint density at radius 3 is 1.65 bits per heavy atom. The maximum Gasteiger partial charge on any atom is 0.472 e. The summed E-state index contributed by atoms with van der Waals surface area (Å²) in [6, 6.07) is 0. The van der Waals surface area contributed by atoms with Crippen molar-refractivity contribution in [1.29, 1.82) is 0 Å². The molecular weight excluding hydrogens is 247 g/mol. The Balaban J connectivity index is 3.96. The van der Waals surface area contributed by atoms with Crippen molar-refractivity contribution in [2.24, 2.45) is 0 Å². The minimum atomic E-state index is -4.05. The molecule has 0 fully saturated rings. The summed E-state index contributed by atoms with van der Waals surface area (Å²) in [6.45, 7) is 8.55. The highest BCUT2D eigenvalue weighted by Gasteiger charge is 2.27. The lowest BCUT2D eigenvalue weighted by atomic mass is 10.4. The second-order valence-corrected chi connectivity index (χ2v) is 4.98. The molecule has 0 radical (unpaired) electrons. The molecule has 2 unspecified atom stereocenters. The fourth-order valence-electron chi connectivity index (χ4n) is 1.11. The van der Waals surface area contributed by atoms with Gasteiger partial charge in [0.2, 0.25) is 0 Å². The summed E-state index contributed by atoms with van der Waals surface area (Å²) in [7, 11) is -4.05. The number of rotatable bonds is 10. The summed E-state index contributed by atoms with van der Waals surface area (Å²) in [5, 5.41) is 0. The number of phosphoric acid groups is 1. The molecular formula is C10H23O6P. The first-order valence-electron chi connectivity index (χ1n) is 5.76. The first kappa shape index (κ1) is 17.0. The average Bonchev–Trinajstić information content (AvgIpc) is 2.22. The highest BCUT2D eigenvalue weighted by Crippen LogP contribution is 2.45. The van der Waals surface area contributed by atoms with Gasteiger partial charge >= 0.3 is 7.82 Å². The molecule has 0 saturated carbocycles. The zero-order valence-electron chi connectivity index (χ0n) is 10.9. The van der Waals surface area contributed by atoms with Crippen molar-refractivity contribution in [2.45, 2.75) is 39.9 Å². The molecule has 0 aliphatic carbocycles. The second kappa shape index (κ2) is 9.03. The highest BCUT2D eigenvalue weighted by molar-refractivity contribution is 7.47. The van der Waals surface area contributed by atoms with E-state index in [-0.39, 0.29) is 13.2 Å². The van der Waals surface area contributed by atoms with Crippen LogP contribution in [-0.4, -0.2) is 43.5 Å². The fraction of sp³-hybridized carbons (Fsp3) is 1.00. The molecule has 6 nitrogen and oxygen atoms in total. The van der Waals surface area contributed by atoms with Crippen LogP contribution in [0.15, 0.2) is 0 Å². The lowest BCUT2D eigenvalue weighted by Gasteiger charge is -2.20. The summed E-state index contributed by atoms with van der Waals surface area (Å²) in [5.41, 5.74) is 0. The van der Waals surface area contributed by atoms with Gasteiger partial charge in [-0.15, -0.1) is 0 Å². The van der Waals surface area contributed by atoms with E-state index in [0.717, 1.165) is 0 Å². The Kier molecular flexibility index (Phi) is 9.04. The normalized spacial score (nSPS) is 18.6. The lowest BCUT2D eigenvalue weighted by molar-refractivity contribution is 0.0103. The monoisotopic (exact) mass is 270 g/mol. The van der Waals surface area contributed by atoms with Crippen molar-refractivity contribution < 1.29 is 28.0 Å². The van der Waals surface area contributed by atoms with E-state index in [9.17, 15) is 9.46 Å². The predicted octanol–water partition coefficient (Wildman–Crippen LogP) is 1.97. The van der Waals surface area contributed by atoms with Crippen LogP contribution in [0, 0.1) is 0 Å². The van der Waals surface area contributed by atoms with Gasteiger partial charge in [0.05, 0.1) is 25.4 Å². The first-order valence-corrected chi connectivity index (χ1v) is 7.25. The maximum absolute atomic E-state index is 11.6. The van der Waals surface area contributed by atoms with Gasteiger partial charge < -0.3 is 14.4 Å². The van der Waals surface area contributed by atoms with E-state index in [2.05, 4.69) is 0 Å². The van der Waals surface area contributed by atoms with Crippen LogP contribution >= 0.6 is 7.82 Å². The van der Waals surface area contributed by atoms with Gasteiger partial charge in [-0.1, -0.05) is 0 Å². The lowest BCUT2D eigenvalue weighted by Crippen LogP contribution is -2.19. The van der Waals surface area contributed by atoms with Gasteiger partial charge in [-0.2, -0.15) is 0 Å². The number of hydrogen-bond acceptors (Lipinski definition) is 5. The molecule has 1 N–H and O–H groups in total. The van der Waals surface area contributed by atoms with E-state index in [1.807, 2.05) is 13.8 Å². The van der Waals surface area contributed by atoms with E-state index in [4.69, 9.17) is 18.5 Å². The van der Waals surface area contributed by atoms with Gasteiger partial charge in [0.1, 0.15) is 0 Å². The first-order chi connectivity index (χ1) is 7.91. The number of phosphoric ester groups is 1. The second-order valence-electron chi connectivity index (χ2n) is 3.62. The molecule has 0 bridgehead atoms. The van der Waals surface area contributed by atoms with Crippen LogP contribution in [0.5, 0.6) is 0 Å². The molecule has 2 atom stereocenters. The molecule has 0 aliphatic heterocycles. The maximum atomic E-state index is 11.6. The van der Waals surface area contributed by atoms with Crippen LogP contribution in [0.2, 0.25) is 0 Å². The van der Waals surface area contributed by atoms with Gasteiger partial charge in [-0.25, -0.2) is 4.57 Å². The summed E-state index contributed by atoms with van der Waals surface area (Å²) in [6.07, 6.45) is -0.991. The Morgan fingerprint density at radius 1 is 1.00 bits per heavy atom. The van der Waals surface area contributed by atoms with Gasteiger partial charge in [0, 0.05) is 13.2 Å². The summed E-state index contributed by atoms with van der Waals surface area (Å²) >= 11 is 0. The molecule has 0 heterocycles. The van der Waals surface area contributed by atoms with Crippen molar-refractivity contribution in [3.8, 4) is 0 Å². The van der Waals surface area contributed by atoms with Crippen molar-refractivity contribution in [1.82, 2.24) is 0 Å². The smallest absolute Gasteiger partial charge is 0.379 e. The topological polar surface area (TPSA) is 74.2 Å². The molecule has 0 aromatic rings. The van der Waals surface area contributed by atoms with E-state index in [1.54, 1.807) is 13.8 Å². The Bertz CT molecular complexity index is 215. The van der Waals surface area contributed by atoms with Crippen molar-refractivity contribution in [3.63, 3.8) is 0 Å². The van der Waals surface area contributed by atoms with Crippen molar-refractivity contribution >= 4 is 7.82 Å². The van der Waals surface area contributed by atoms with E-state index in [0.29, 0.717) is 13.2 Å². The van der Waals surface area contributed by atoms with Gasteiger partial charge in [-0.05, 0) is 27.7 Å². The van der Waals surface area contributed by atoms with Crippen LogP contribution in [0.4, 0.5) is 0 Å². The molecule has 0 aliphatic rings. The highest BCUT2D eigenvalue weighted by atomic mass is 31.2. The number of hydrogen-bond donors (Lipinski definition) is 1. The predicted molar refractivity (Wildman–Crippen MR) is 63.9 cm³/mol. The summed E-state index contributed by atoms with van der Waals surface area (Å²) < 4.78 is 31.5. The Hall–Kier alpha value is 0.0300. The Morgan fingerprint density at radius 2 is 1.35 bits per heavy atom. The third-order valence-corrected chi connectivity index (χ3v) is 2.99. The molecule has 7 heteroatoms. The zero-order chi connectivity index (χ0) is 13.3. The Labute approximate surface area is 103 Å². The van der Waals surface area contributed by atoms with Gasteiger partial charge in [0.15, 0.2) is 0 Å². The summed E-state index contributed by atoms with van der Waals surface area (Å²) in [4.78, 5) is 9.45. The molecule has 104 valence electrons. The molecule has 0 rings (SSSR count).